The highest BCUT2D eigenvalue weighted by Gasteiger charge is 2.26. The second-order valence-electron chi connectivity index (χ2n) is 8.05. The lowest BCUT2D eigenvalue weighted by Crippen LogP contribution is -2.38. The third-order valence-electron chi connectivity index (χ3n) is 5.97. The Labute approximate surface area is 181 Å². The molecule has 1 aliphatic carbocycles. The SMILES string of the molecule is O=C(c1cnc2ccccc2c1)N1CCC(c2ccnc(NC3=CCCC=C3)n2)CC1. The summed E-state index contributed by atoms with van der Waals surface area (Å²) in [5.74, 6) is 1.02. The predicted octanol–water partition coefficient (Wildman–Crippen LogP) is 4.69. The van der Waals surface area contributed by atoms with Crippen LogP contribution in [0.2, 0.25) is 0 Å². The van der Waals surface area contributed by atoms with Crippen LogP contribution in [0.25, 0.3) is 10.9 Å². The van der Waals surface area contributed by atoms with Crippen LogP contribution in [-0.4, -0.2) is 38.8 Å². The monoisotopic (exact) mass is 411 g/mol. The number of likely N-dealkylation sites (tertiary alicyclic amines) is 1. The third-order valence-corrected chi connectivity index (χ3v) is 5.97. The molecule has 0 unspecified atom stereocenters. The van der Waals surface area contributed by atoms with E-state index in [-0.39, 0.29) is 5.91 Å². The number of pyridine rings is 1. The minimum atomic E-state index is 0.0535. The van der Waals surface area contributed by atoms with Gasteiger partial charge in [-0.3, -0.25) is 9.78 Å². The highest BCUT2D eigenvalue weighted by Crippen LogP contribution is 2.28. The molecule has 1 amide bonds. The fourth-order valence-corrected chi connectivity index (χ4v) is 4.24. The molecule has 0 atom stereocenters. The van der Waals surface area contributed by atoms with Crippen LogP contribution in [0.3, 0.4) is 0 Å². The maximum atomic E-state index is 13.0. The zero-order valence-corrected chi connectivity index (χ0v) is 17.4. The van der Waals surface area contributed by atoms with Gasteiger partial charge in [-0.15, -0.1) is 0 Å². The molecule has 156 valence electrons. The van der Waals surface area contributed by atoms with Crippen molar-refractivity contribution < 1.29 is 4.79 Å². The number of amides is 1. The molecule has 2 aliphatic rings. The minimum absolute atomic E-state index is 0.0535. The Morgan fingerprint density at radius 1 is 1.06 bits per heavy atom. The molecule has 3 heterocycles. The second-order valence-corrected chi connectivity index (χ2v) is 8.05. The van der Waals surface area contributed by atoms with Crippen molar-refractivity contribution in [3.8, 4) is 0 Å². The third kappa shape index (κ3) is 4.33. The minimum Gasteiger partial charge on any atom is -0.339 e. The molecule has 1 N–H and O–H groups in total. The van der Waals surface area contributed by atoms with Crippen molar-refractivity contribution >= 4 is 22.8 Å². The molecule has 1 saturated heterocycles. The van der Waals surface area contributed by atoms with E-state index in [1.54, 1.807) is 6.20 Å². The number of nitrogens with one attached hydrogen (secondary N) is 1. The van der Waals surface area contributed by atoms with Crippen molar-refractivity contribution in [3.63, 3.8) is 0 Å². The Balaban J connectivity index is 1.23. The highest BCUT2D eigenvalue weighted by molar-refractivity contribution is 5.97. The molecule has 5 rings (SSSR count). The molecule has 1 aromatic carbocycles. The van der Waals surface area contributed by atoms with Gasteiger partial charge in [0, 0.05) is 48.2 Å². The maximum absolute atomic E-state index is 13.0. The molecule has 31 heavy (non-hydrogen) atoms. The number of anilines is 1. The largest absolute Gasteiger partial charge is 0.339 e. The number of hydrogen-bond donors (Lipinski definition) is 1. The fraction of sp³-hybridized carbons (Fsp3) is 0.280. The quantitative estimate of drug-likeness (QED) is 0.674. The van der Waals surface area contributed by atoms with E-state index in [4.69, 9.17) is 4.98 Å². The van der Waals surface area contributed by atoms with Crippen LogP contribution < -0.4 is 5.32 Å². The molecule has 0 radical (unpaired) electrons. The number of hydrogen-bond acceptors (Lipinski definition) is 5. The first-order valence-electron chi connectivity index (χ1n) is 10.9. The summed E-state index contributed by atoms with van der Waals surface area (Å²) in [4.78, 5) is 28.5. The Morgan fingerprint density at radius 2 is 1.94 bits per heavy atom. The van der Waals surface area contributed by atoms with Crippen LogP contribution >= 0.6 is 0 Å². The topological polar surface area (TPSA) is 71.0 Å². The van der Waals surface area contributed by atoms with E-state index in [2.05, 4.69) is 33.5 Å². The Morgan fingerprint density at radius 3 is 2.77 bits per heavy atom. The van der Waals surface area contributed by atoms with Crippen molar-refractivity contribution in [1.82, 2.24) is 19.9 Å². The van der Waals surface area contributed by atoms with Crippen LogP contribution in [-0.2, 0) is 0 Å². The van der Waals surface area contributed by atoms with Gasteiger partial charge < -0.3 is 10.2 Å². The number of carbonyl (C=O) groups excluding carboxylic acids is 1. The Kier molecular flexibility index (Phi) is 5.44. The predicted molar refractivity (Wildman–Crippen MR) is 122 cm³/mol. The fourth-order valence-electron chi connectivity index (χ4n) is 4.24. The summed E-state index contributed by atoms with van der Waals surface area (Å²) in [7, 11) is 0. The molecular weight excluding hydrogens is 386 g/mol. The van der Waals surface area contributed by atoms with Gasteiger partial charge >= 0.3 is 0 Å². The zero-order chi connectivity index (χ0) is 21.0. The first-order chi connectivity index (χ1) is 15.3. The van der Waals surface area contributed by atoms with Crippen LogP contribution in [0, 0.1) is 0 Å². The van der Waals surface area contributed by atoms with Crippen molar-refractivity contribution in [2.45, 2.75) is 31.6 Å². The smallest absolute Gasteiger partial charge is 0.255 e. The van der Waals surface area contributed by atoms with Crippen LogP contribution in [0.5, 0.6) is 0 Å². The van der Waals surface area contributed by atoms with E-state index in [1.807, 2.05) is 47.5 Å². The van der Waals surface area contributed by atoms with Crippen LogP contribution in [0.15, 0.2) is 72.7 Å². The number of piperidine rings is 1. The summed E-state index contributed by atoms with van der Waals surface area (Å²) in [5.41, 5.74) is 3.65. The van der Waals surface area contributed by atoms with Crippen molar-refractivity contribution in [3.05, 3.63) is 84.0 Å². The summed E-state index contributed by atoms with van der Waals surface area (Å²) in [6.45, 7) is 1.44. The Bertz CT molecular complexity index is 1160. The normalized spacial score (nSPS) is 16.9. The molecule has 0 spiro atoms. The van der Waals surface area contributed by atoms with E-state index in [0.717, 1.165) is 61.1 Å². The number of para-hydroxylation sites is 1. The number of aromatic nitrogens is 3. The summed E-state index contributed by atoms with van der Waals surface area (Å²) < 4.78 is 0. The molecule has 2 aromatic heterocycles. The number of nitrogens with zero attached hydrogens (tertiary/aromatic N) is 4. The summed E-state index contributed by atoms with van der Waals surface area (Å²) in [6.07, 6.45) is 13.8. The maximum Gasteiger partial charge on any atom is 0.255 e. The number of carbonyl (C=O) groups is 1. The first-order valence-corrected chi connectivity index (χ1v) is 10.9. The van der Waals surface area contributed by atoms with E-state index < -0.39 is 0 Å². The van der Waals surface area contributed by atoms with Crippen molar-refractivity contribution in [2.24, 2.45) is 0 Å². The Hall–Kier alpha value is -3.54. The standard InChI is InChI=1S/C25H25N5O/c31-24(20-16-19-6-4-5-9-22(19)27-17-20)30-14-11-18(12-15-30)23-10-13-26-25(29-23)28-21-7-2-1-3-8-21/h2,4-10,13,16-18H,1,3,11-12,14-15H2,(H,26,28,29). The van der Waals surface area contributed by atoms with Gasteiger partial charge in [-0.2, -0.15) is 0 Å². The van der Waals surface area contributed by atoms with Crippen molar-refractivity contribution in [2.75, 3.05) is 18.4 Å². The van der Waals surface area contributed by atoms with Gasteiger partial charge in [0.05, 0.1) is 11.1 Å². The van der Waals surface area contributed by atoms with Gasteiger partial charge in [-0.25, -0.2) is 9.97 Å². The van der Waals surface area contributed by atoms with E-state index in [9.17, 15) is 4.79 Å². The number of benzene rings is 1. The lowest BCUT2D eigenvalue weighted by Gasteiger charge is -2.31. The first kappa shape index (κ1) is 19.4. The summed E-state index contributed by atoms with van der Waals surface area (Å²) in [6, 6.07) is 11.8. The molecular formula is C25H25N5O. The van der Waals surface area contributed by atoms with Crippen LogP contribution in [0.1, 0.15) is 47.7 Å². The molecule has 1 fully saturated rings. The lowest BCUT2D eigenvalue weighted by molar-refractivity contribution is 0.0712. The van der Waals surface area contributed by atoms with Gasteiger partial charge in [0.25, 0.3) is 5.91 Å². The summed E-state index contributed by atoms with van der Waals surface area (Å²) in [5, 5.41) is 4.30. The number of fused-ring (bicyclic) bond motifs is 1. The number of rotatable bonds is 4. The highest BCUT2D eigenvalue weighted by atomic mass is 16.2. The van der Waals surface area contributed by atoms with Gasteiger partial charge in [0.2, 0.25) is 5.95 Å². The summed E-state index contributed by atoms with van der Waals surface area (Å²) >= 11 is 0. The van der Waals surface area contributed by atoms with Crippen molar-refractivity contribution in [1.29, 1.82) is 0 Å². The van der Waals surface area contributed by atoms with Crippen LogP contribution in [0.4, 0.5) is 5.95 Å². The van der Waals surface area contributed by atoms with E-state index in [0.29, 0.717) is 17.4 Å². The average molecular weight is 412 g/mol. The number of allylic oxidation sites excluding steroid dienone is 3. The molecule has 6 heteroatoms. The zero-order valence-electron chi connectivity index (χ0n) is 17.4. The molecule has 6 nitrogen and oxygen atoms in total. The molecule has 0 bridgehead atoms. The van der Waals surface area contributed by atoms with Gasteiger partial charge in [0.1, 0.15) is 0 Å². The average Bonchev–Trinajstić information content (AvgIpc) is 2.84. The van der Waals surface area contributed by atoms with E-state index in [1.165, 1.54) is 0 Å². The van der Waals surface area contributed by atoms with Gasteiger partial charge in [-0.05, 0) is 50.0 Å². The molecule has 1 aliphatic heterocycles. The van der Waals surface area contributed by atoms with E-state index >= 15 is 0 Å². The van der Waals surface area contributed by atoms with Gasteiger partial charge in [-0.1, -0.05) is 30.4 Å². The molecule has 3 aromatic rings. The second kappa shape index (κ2) is 8.68. The lowest BCUT2D eigenvalue weighted by atomic mass is 9.93. The molecule has 0 saturated carbocycles. The van der Waals surface area contributed by atoms with Gasteiger partial charge in [0.15, 0.2) is 0 Å².